The van der Waals surface area contributed by atoms with Crippen molar-refractivity contribution >= 4 is 79.8 Å². The van der Waals surface area contributed by atoms with Crippen LogP contribution in [0.3, 0.4) is 0 Å². The first-order valence-corrected chi connectivity index (χ1v) is 10.5. The second kappa shape index (κ2) is 8.17. The molecule has 1 fully saturated rings. The van der Waals surface area contributed by atoms with Gasteiger partial charge in [-0.15, -0.1) is 0 Å². The Balaban J connectivity index is 1.94. The molecule has 1 aliphatic rings. The number of nitrogens with one attached hydrogen (secondary N) is 1. The molecule has 26 heavy (non-hydrogen) atoms. The monoisotopic (exact) mass is 592 g/mol. The highest BCUT2D eigenvalue weighted by atomic mass is 127. The minimum Gasteiger partial charge on any atom is -0.506 e. The first-order valence-electron chi connectivity index (χ1n) is 7.49. The summed E-state index contributed by atoms with van der Waals surface area (Å²) >= 11 is 5.48. The number of carbonyl (C=O) groups excluding carboxylic acids is 1. The van der Waals surface area contributed by atoms with E-state index in [2.05, 4.69) is 55.5 Å². The second-order valence-corrected chi connectivity index (χ2v) is 8.92. The van der Waals surface area contributed by atoms with E-state index in [4.69, 9.17) is 4.74 Å². The minimum absolute atomic E-state index is 0.164. The number of carbonyl (C=O) groups is 1. The van der Waals surface area contributed by atoms with Crippen LogP contribution in [0, 0.1) is 14.1 Å². The summed E-state index contributed by atoms with van der Waals surface area (Å²) in [6.45, 7) is 1.97. The molecule has 134 valence electrons. The molecule has 3 rings (SSSR count). The third-order valence-corrected chi connectivity index (χ3v) is 5.91. The van der Waals surface area contributed by atoms with Crippen LogP contribution < -0.4 is 10.1 Å². The number of halogens is 2. The number of amides is 1. The van der Waals surface area contributed by atoms with E-state index in [1.54, 1.807) is 13.2 Å². The Morgan fingerprint density at radius 2 is 2.04 bits per heavy atom. The number of benzene rings is 2. The number of ether oxygens (including phenoxy) is 1. The number of rotatable bonds is 3. The van der Waals surface area contributed by atoms with E-state index in [-0.39, 0.29) is 11.7 Å². The number of phenolic OH excluding ortho intramolecular Hbond substituents is 1. The number of hydrogen-bond donors (Lipinski definition) is 2. The van der Waals surface area contributed by atoms with Crippen LogP contribution in [0.15, 0.2) is 40.2 Å². The molecule has 1 amide bonds. The molecular formula is C18H14I2N2O3S. The van der Waals surface area contributed by atoms with Crippen LogP contribution in [0.1, 0.15) is 11.1 Å². The van der Waals surface area contributed by atoms with Gasteiger partial charge in [0, 0.05) is 9.13 Å². The lowest BCUT2D eigenvalue weighted by Gasteiger charge is -2.05. The van der Waals surface area contributed by atoms with Gasteiger partial charge in [0.15, 0.2) is 5.17 Å². The van der Waals surface area contributed by atoms with Crippen LogP contribution in [-0.2, 0) is 4.79 Å². The van der Waals surface area contributed by atoms with Crippen LogP contribution in [0.4, 0.5) is 5.69 Å². The molecule has 0 aromatic heterocycles. The third kappa shape index (κ3) is 4.34. The van der Waals surface area contributed by atoms with Crippen molar-refractivity contribution in [3.05, 3.63) is 53.5 Å². The third-order valence-electron chi connectivity index (χ3n) is 3.55. The van der Waals surface area contributed by atoms with Crippen molar-refractivity contribution in [2.75, 3.05) is 7.11 Å². The normalized spacial score (nSPS) is 17.0. The number of phenols is 1. The van der Waals surface area contributed by atoms with Gasteiger partial charge in [-0.2, -0.15) is 0 Å². The number of aliphatic imine (C=N–C) groups is 1. The molecule has 0 aliphatic carbocycles. The van der Waals surface area contributed by atoms with E-state index >= 15 is 0 Å². The highest BCUT2D eigenvalue weighted by Gasteiger charge is 2.25. The predicted molar refractivity (Wildman–Crippen MR) is 122 cm³/mol. The van der Waals surface area contributed by atoms with Crippen LogP contribution in [0.25, 0.3) is 6.08 Å². The van der Waals surface area contributed by atoms with Gasteiger partial charge in [0.1, 0.15) is 17.2 Å². The van der Waals surface area contributed by atoms with Crippen molar-refractivity contribution in [3.8, 4) is 11.5 Å². The van der Waals surface area contributed by atoms with Gasteiger partial charge in [-0.25, -0.2) is 4.99 Å². The Morgan fingerprint density at radius 3 is 2.77 bits per heavy atom. The Hall–Kier alpha value is -1.27. The van der Waals surface area contributed by atoms with E-state index in [1.807, 2.05) is 37.3 Å². The van der Waals surface area contributed by atoms with Crippen molar-refractivity contribution in [1.82, 2.24) is 5.32 Å². The van der Waals surface area contributed by atoms with Gasteiger partial charge in [0.05, 0.1) is 15.6 Å². The average Bonchev–Trinajstić information content (AvgIpc) is 2.91. The van der Waals surface area contributed by atoms with E-state index < -0.39 is 0 Å². The van der Waals surface area contributed by atoms with E-state index in [0.29, 0.717) is 27.1 Å². The Morgan fingerprint density at radius 1 is 1.27 bits per heavy atom. The number of hydrogen-bond acceptors (Lipinski definition) is 5. The van der Waals surface area contributed by atoms with E-state index in [1.165, 1.54) is 11.8 Å². The summed E-state index contributed by atoms with van der Waals surface area (Å²) in [5.41, 5.74) is 2.31. The lowest BCUT2D eigenvalue weighted by Crippen LogP contribution is -2.19. The van der Waals surface area contributed by atoms with Crippen LogP contribution in [-0.4, -0.2) is 23.3 Å². The molecule has 2 aromatic rings. The van der Waals surface area contributed by atoms with Crippen molar-refractivity contribution < 1.29 is 14.6 Å². The van der Waals surface area contributed by atoms with E-state index in [9.17, 15) is 9.90 Å². The Labute approximate surface area is 182 Å². The number of aromatic hydroxyl groups is 1. The van der Waals surface area contributed by atoms with Gasteiger partial charge in [0.2, 0.25) is 0 Å². The van der Waals surface area contributed by atoms with Gasteiger partial charge >= 0.3 is 0 Å². The van der Waals surface area contributed by atoms with Crippen molar-refractivity contribution in [1.29, 1.82) is 0 Å². The van der Waals surface area contributed by atoms with Gasteiger partial charge in [0.25, 0.3) is 5.91 Å². The first kappa shape index (κ1) is 19.5. The zero-order chi connectivity index (χ0) is 18.8. The standard InChI is InChI=1S/C18H14I2N2O3S/c1-9-3-4-14(25-2)13(5-9)21-18-22-17(24)15(26-18)7-10-6-11(19)8-12(20)16(10)23/h3-8,23H,1-2H3,(H,21,22,24)/b15-7-. The summed E-state index contributed by atoms with van der Waals surface area (Å²) in [5, 5.41) is 13.5. The molecule has 1 heterocycles. The molecule has 0 radical (unpaired) electrons. The zero-order valence-electron chi connectivity index (χ0n) is 13.8. The number of nitrogens with zero attached hydrogens (tertiary/aromatic N) is 1. The molecule has 0 atom stereocenters. The zero-order valence-corrected chi connectivity index (χ0v) is 19.0. The smallest absolute Gasteiger partial charge is 0.264 e. The summed E-state index contributed by atoms with van der Waals surface area (Å²) in [6, 6.07) is 9.39. The SMILES string of the molecule is COc1ccc(C)cc1N=C1NC(=O)/C(=C/c2cc(I)cc(I)c2O)S1. The Bertz CT molecular complexity index is 958. The van der Waals surface area contributed by atoms with Gasteiger partial charge < -0.3 is 15.2 Å². The summed E-state index contributed by atoms with van der Waals surface area (Å²) in [5.74, 6) is 0.562. The topological polar surface area (TPSA) is 70.9 Å². The van der Waals surface area contributed by atoms with Gasteiger partial charge in [-0.05, 0) is 99.8 Å². The first-order chi connectivity index (χ1) is 12.4. The molecule has 2 aromatic carbocycles. The summed E-state index contributed by atoms with van der Waals surface area (Å²) in [6.07, 6.45) is 1.68. The summed E-state index contributed by atoms with van der Waals surface area (Å²) in [4.78, 5) is 17.3. The highest BCUT2D eigenvalue weighted by Crippen LogP contribution is 2.35. The minimum atomic E-state index is -0.242. The quantitative estimate of drug-likeness (QED) is 0.397. The number of methoxy groups -OCH3 is 1. The molecule has 1 saturated heterocycles. The molecule has 2 N–H and O–H groups in total. The van der Waals surface area contributed by atoms with Gasteiger partial charge in [-0.3, -0.25) is 4.79 Å². The highest BCUT2D eigenvalue weighted by molar-refractivity contribution is 14.1. The summed E-state index contributed by atoms with van der Waals surface area (Å²) < 4.78 is 7.05. The number of aryl methyl sites for hydroxylation is 1. The Kier molecular flexibility index (Phi) is 6.13. The number of thioether (sulfide) groups is 1. The largest absolute Gasteiger partial charge is 0.506 e. The van der Waals surface area contributed by atoms with Crippen LogP contribution in [0.5, 0.6) is 11.5 Å². The van der Waals surface area contributed by atoms with Crippen molar-refractivity contribution in [2.24, 2.45) is 4.99 Å². The predicted octanol–water partition coefficient (Wildman–Crippen LogP) is 4.81. The fourth-order valence-electron chi connectivity index (χ4n) is 2.31. The lowest BCUT2D eigenvalue weighted by atomic mass is 10.2. The summed E-state index contributed by atoms with van der Waals surface area (Å²) in [7, 11) is 1.58. The molecule has 1 aliphatic heterocycles. The maximum absolute atomic E-state index is 12.3. The fourth-order valence-corrected chi connectivity index (χ4v) is 5.03. The second-order valence-electron chi connectivity index (χ2n) is 5.48. The number of amidine groups is 1. The molecule has 8 heteroatoms. The van der Waals surface area contributed by atoms with E-state index in [0.717, 1.165) is 12.7 Å². The average molecular weight is 592 g/mol. The fraction of sp³-hybridized carbons (Fsp3) is 0.111. The maximum Gasteiger partial charge on any atom is 0.264 e. The molecule has 0 bridgehead atoms. The lowest BCUT2D eigenvalue weighted by molar-refractivity contribution is -0.115. The molecule has 0 unspecified atom stereocenters. The van der Waals surface area contributed by atoms with Crippen LogP contribution in [0.2, 0.25) is 0 Å². The molecule has 0 spiro atoms. The van der Waals surface area contributed by atoms with Gasteiger partial charge in [-0.1, -0.05) is 6.07 Å². The van der Waals surface area contributed by atoms with Crippen molar-refractivity contribution in [3.63, 3.8) is 0 Å². The van der Waals surface area contributed by atoms with Crippen LogP contribution >= 0.6 is 56.9 Å². The molecular weight excluding hydrogens is 578 g/mol. The maximum atomic E-state index is 12.3. The molecule has 5 nitrogen and oxygen atoms in total. The molecule has 0 saturated carbocycles. The van der Waals surface area contributed by atoms with Crippen molar-refractivity contribution in [2.45, 2.75) is 6.92 Å².